The second-order valence-corrected chi connectivity index (χ2v) is 9.67. The molecule has 3 heterocycles. The molecule has 1 aliphatic heterocycles. The SMILES string of the molecule is CCc1nnc(N2C(=O)c3oc4ccc(Br)cc4c(=O)c3C2c2ccc(Cl)c(Cl)c2)s1. The van der Waals surface area contributed by atoms with E-state index >= 15 is 0 Å². The van der Waals surface area contributed by atoms with Crippen molar-refractivity contribution in [1.82, 2.24) is 10.2 Å². The van der Waals surface area contributed by atoms with E-state index < -0.39 is 11.9 Å². The molecule has 2 aromatic carbocycles. The van der Waals surface area contributed by atoms with Crippen molar-refractivity contribution in [2.75, 3.05) is 4.90 Å². The van der Waals surface area contributed by atoms with Crippen molar-refractivity contribution in [1.29, 1.82) is 0 Å². The van der Waals surface area contributed by atoms with Crippen molar-refractivity contribution in [3.8, 4) is 0 Å². The van der Waals surface area contributed by atoms with Crippen molar-refractivity contribution in [2.24, 2.45) is 0 Å². The van der Waals surface area contributed by atoms with Gasteiger partial charge in [-0.05, 0) is 42.3 Å². The van der Waals surface area contributed by atoms with Gasteiger partial charge >= 0.3 is 0 Å². The van der Waals surface area contributed by atoms with Crippen molar-refractivity contribution in [3.63, 3.8) is 0 Å². The summed E-state index contributed by atoms with van der Waals surface area (Å²) in [7, 11) is 0. The van der Waals surface area contributed by atoms with E-state index in [-0.39, 0.29) is 16.8 Å². The fourth-order valence-electron chi connectivity index (χ4n) is 3.63. The minimum atomic E-state index is -0.769. The first-order chi connectivity index (χ1) is 14.9. The number of hydrogen-bond donors (Lipinski definition) is 0. The fourth-order valence-corrected chi connectivity index (χ4v) is 5.10. The second-order valence-electron chi connectivity index (χ2n) is 6.90. The quantitative estimate of drug-likeness (QED) is 0.319. The molecule has 0 saturated carbocycles. The van der Waals surface area contributed by atoms with Crippen LogP contribution in [0.2, 0.25) is 10.0 Å². The van der Waals surface area contributed by atoms with Gasteiger partial charge in [-0.25, -0.2) is 0 Å². The van der Waals surface area contributed by atoms with Crippen molar-refractivity contribution in [2.45, 2.75) is 19.4 Å². The maximum absolute atomic E-state index is 13.5. The molecule has 156 valence electrons. The molecule has 5 rings (SSSR count). The van der Waals surface area contributed by atoms with Crippen LogP contribution in [-0.2, 0) is 6.42 Å². The lowest BCUT2D eigenvalue weighted by molar-refractivity contribution is 0.0970. The lowest BCUT2D eigenvalue weighted by Crippen LogP contribution is -2.29. The van der Waals surface area contributed by atoms with Crippen LogP contribution in [0.5, 0.6) is 0 Å². The fraction of sp³-hybridized carbons (Fsp3) is 0.143. The highest BCUT2D eigenvalue weighted by atomic mass is 79.9. The molecular weight excluding hydrogens is 525 g/mol. The smallest absolute Gasteiger partial charge is 0.297 e. The van der Waals surface area contributed by atoms with Gasteiger partial charge in [0.05, 0.1) is 27.0 Å². The molecule has 1 amide bonds. The topological polar surface area (TPSA) is 76.3 Å². The average molecular weight is 537 g/mol. The Morgan fingerprint density at radius 2 is 1.94 bits per heavy atom. The molecule has 6 nitrogen and oxygen atoms in total. The molecule has 1 aliphatic rings. The molecule has 0 aliphatic carbocycles. The van der Waals surface area contributed by atoms with Gasteiger partial charge in [-0.2, -0.15) is 0 Å². The highest BCUT2D eigenvalue weighted by molar-refractivity contribution is 9.10. The van der Waals surface area contributed by atoms with Crippen LogP contribution in [0.1, 0.15) is 39.7 Å². The van der Waals surface area contributed by atoms with Crippen LogP contribution in [0, 0.1) is 0 Å². The molecule has 1 atom stereocenters. The summed E-state index contributed by atoms with van der Waals surface area (Å²) in [6, 6.07) is 9.35. The Morgan fingerprint density at radius 1 is 1.13 bits per heavy atom. The summed E-state index contributed by atoms with van der Waals surface area (Å²) in [5.74, 6) is -0.462. The molecule has 0 fully saturated rings. The van der Waals surface area contributed by atoms with E-state index in [2.05, 4.69) is 26.1 Å². The van der Waals surface area contributed by atoms with Gasteiger partial charge in [0, 0.05) is 4.47 Å². The van der Waals surface area contributed by atoms with E-state index in [9.17, 15) is 9.59 Å². The minimum Gasteiger partial charge on any atom is -0.450 e. The third kappa shape index (κ3) is 3.29. The van der Waals surface area contributed by atoms with E-state index in [0.717, 1.165) is 9.48 Å². The van der Waals surface area contributed by atoms with E-state index in [4.69, 9.17) is 27.6 Å². The summed E-state index contributed by atoms with van der Waals surface area (Å²) in [6.07, 6.45) is 0.680. The van der Waals surface area contributed by atoms with E-state index in [1.54, 1.807) is 36.4 Å². The Balaban J connectivity index is 1.81. The maximum Gasteiger partial charge on any atom is 0.297 e. The van der Waals surface area contributed by atoms with Gasteiger partial charge in [0.25, 0.3) is 5.91 Å². The standard InChI is InChI=1S/C21H12BrCl2N3O3S/c1-2-15-25-26-21(31-15)27-17(9-3-5-12(23)13(24)7-9)16-18(28)11-8-10(22)4-6-14(11)30-19(16)20(27)29/h3-8,17H,2H2,1H3. The van der Waals surface area contributed by atoms with Crippen LogP contribution in [0.4, 0.5) is 5.13 Å². The number of benzene rings is 2. The van der Waals surface area contributed by atoms with Crippen LogP contribution < -0.4 is 10.3 Å². The van der Waals surface area contributed by atoms with Gasteiger partial charge in [0.2, 0.25) is 10.9 Å². The molecular formula is C21H12BrCl2N3O3S. The van der Waals surface area contributed by atoms with Crippen molar-refractivity contribution in [3.05, 3.63) is 83.0 Å². The van der Waals surface area contributed by atoms with Gasteiger partial charge in [-0.15, -0.1) is 10.2 Å². The molecule has 1 unspecified atom stereocenters. The third-order valence-corrected chi connectivity index (χ3v) is 7.36. The van der Waals surface area contributed by atoms with E-state index in [1.807, 2.05) is 6.92 Å². The van der Waals surface area contributed by atoms with Crippen LogP contribution in [0.25, 0.3) is 11.0 Å². The summed E-state index contributed by atoms with van der Waals surface area (Å²) in [5, 5.41) is 10.6. The van der Waals surface area contributed by atoms with Crippen LogP contribution >= 0.6 is 50.5 Å². The number of amides is 1. The van der Waals surface area contributed by atoms with Crippen LogP contribution in [0.15, 0.2) is 50.1 Å². The van der Waals surface area contributed by atoms with E-state index in [1.165, 1.54) is 16.2 Å². The molecule has 10 heteroatoms. The lowest BCUT2D eigenvalue weighted by atomic mass is 9.99. The molecule has 4 aromatic rings. The zero-order chi connectivity index (χ0) is 21.9. The van der Waals surface area contributed by atoms with Gasteiger partial charge in [0.1, 0.15) is 10.6 Å². The average Bonchev–Trinajstić information content (AvgIpc) is 3.33. The highest BCUT2D eigenvalue weighted by Gasteiger charge is 2.45. The van der Waals surface area contributed by atoms with Gasteiger partial charge in [-0.1, -0.05) is 63.5 Å². The Hall–Kier alpha value is -2.26. The first-order valence-corrected chi connectivity index (χ1v) is 11.6. The number of aryl methyl sites for hydroxylation is 1. The van der Waals surface area contributed by atoms with Gasteiger partial charge in [-0.3, -0.25) is 14.5 Å². The Morgan fingerprint density at radius 3 is 2.65 bits per heavy atom. The number of carbonyl (C=O) groups is 1. The first-order valence-electron chi connectivity index (χ1n) is 9.26. The van der Waals surface area contributed by atoms with E-state index in [0.29, 0.717) is 38.1 Å². The second kappa shape index (κ2) is 7.70. The monoisotopic (exact) mass is 535 g/mol. The molecule has 0 saturated heterocycles. The van der Waals surface area contributed by atoms with Crippen molar-refractivity contribution >= 4 is 72.5 Å². The number of rotatable bonds is 3. The normalized spacial score (nSPS) is 15.7. The Labute approximate surface area is 198 Å². The molecule has 0 radical (unpaired) electrons. The number of aromatic nitrogens is 2. The molecule has 0 spiro atoms. The number of anilines is 1. The number of nitrogens with zero attached hydrogens (tertiary/aromatic N) is 3. The summed E-state index contributed by atoms with van der Waals surface area (Å²) >= 11 is 17.0. The predicted octanol–water partition coefficient (Wildman–Crippen LogP) is 6.03. The van der Waals surface area contributed by atoms with Crippen molar-refractivity contribution < 1.29 is 9.21 Å². The number of carbonyl (C=O) groups excluding carboxylic acids is 1. The van der Waals surface area contributed by atoms with Gasteiger partial charge in [0.15, 0.2) is 5.43 Å². The summed E-state index contributed by atoms with van der Waals surface area (Å²) in [6.45, 7) is 1.96. The number of fused-ring (bicyclic) bond motifs is 2. The highest BCUT2D eigenvalue weighted by Crippen LogP contribution is 2.43. The molecule has 2 aromatic heterocycles. The Bertz CT molecular complexity index is 1440. The summed E-state index contributed by atoms with van der Waals surface area (Å²) in [4.78, 5) is 28.4. The summed E-state index contributed by atoms with van der Waals surface area (Å²) in [5.41, 5.74) is 0.907. The zero-order valence-corrected chi connectivity index (χ0v) is 19.8. The zero-order valence-electron chi connectivity index (χ0n) is 15.9. The van der Waals surface area contributed by atoms with Crippen LogP contribution in [0.3, 0.4) is 0 Å². The van der Waals surface area contributed by atoms with Gasteiger partial charge < -0.3 is 4.42 Å². The minimum absolute atomic E-state index is 0.0101. The Kier molecular flexibility index (Phi) is 5.13. The summed E-state index contributed by atoms with van der Waals surface area (Å²) < 4.78 is 6.66. The first kappa shape index (κ1) is 20.6. The predicted molar refractivity (Wildman–Crippen MR) is 125 cm³/mol. The van der Waals surface area contributed by atoms with Crippen LogP contribution in [-0.4, -0.2) is 16.1 Å². The third-order valence-electron chi connectivity index (χ3n) is 5.06. The lowest BCUT2D eigenvalue weighted by Gasteiger charge is -2.22. The number of hydrogen-bond acceptors (Lipinski definition) is 6. The maximum atomic E-state index is 13.5. The largest absolute Gasteiger partial charge is 0.450 e. The number of halogens is 3. The molecule has 0 N–H and O–H groups in total. The molecule has 31 heavy (non-hydrogen) atoms. The molecule has 0 bridgehead atoms.